The van der Waals surface area contributed by atoms with E-state index in [4.69, 9.17) is 10.5 Å². The molecule has 4 aromatic heterocycles. The van der Waals surface area contributed by atoms with E-state index >= 15 is 0 Å². The van der Waals surface area contributed by atoms with E-state index in [0.29, 0.717) is 35.4 Å². The molecule has 0 aliphatic carbocycles. The van der Waals surface area contributed by atoms with Crippen LogP contribution in [-0.2, 0) is 0 Å². The van der Waals surface area contributed by atoms with E-state index in [1.165, 1.54) is 6.07 Å². The van der Waals surface area contributed by atoms with Gasteiger partial charge in [-0.2, -0.15) is 0 Å². The highest BCUT2D eigenvalue weighted by Gasteiger charge is 2.21. The molecule has 0 bridgehead atoms. The van der Waals surface area contributed by atoms with Crippen molar-refractivity contribution in [3.63, 3.8) is 0 Å². The smallest absolute Gasteiger partial charge is 0.144 e. The van der Waals surface area contributed by atoms with Crippen molar-refractivity contribution in [3.05, 3.63) is 77.6 Å². The molecule has 0 unspecified atom stereocenters. The van der Waals surface area contributed by atoms with Gasteiger partial charge in [0, 0.05) is 17.9 Å². The zero-order chi connectivity index (χ0) is 27.9. The van der Waals surface area contributed by atoms with Crippen LogP contribution in [0.25, 0.3) is 22.8 Å². The summed E-state index contributed by atoms with van der Waals surface area (Å²) in [5.41, 5.74) is 10.2. The van der Waals surface area contributed by atoms with Gasteiger partial charge in [-0.3, -0.25) is 0 Å². The Hall–Kier alpha value is -3.85. The van der Waals surface area contributed by atoms with Crippen molar-refractivity contribution in [2.75, 3.05) is 6.61 Å². The van der Waals surface area contributed by atoms with Crippen LogP contribution in [0.4, 0.5) is 4.39 Å². The van der Waals surface area contributed by atoms with Gasteiger partial charge in [-0.05, 0) is 83.4 Å². The lowest BCUT2D eigenvalue weighted by atomic mass is 9.93. The molecule has 4 aromatic rings. The molecule has 0 fully saturated rings. The third-order valence-electron chi connectivity index (χ3n) is 5.57. The Morgan fingerprint density at radius 2 is 1.26 bits per heavy atom. The van der Waals surface area contributed by atoms with Crippen LogP contribution < -0.4 is 10.5 Å². The minimum Gasteiger partial charge on any atom is -0.490 e. The van der Waals surface area contributed by atoms with E-state index in [1.54, 1.807) is 38.4 Å². The maximum Gasteiger partial charge on any atom is 0.144 e. The summed E-state index contributed by atoms with van der Waals surface area (Å²) in [6.07, 6.45) is 4.32. The summed E-state index contributed by atoms with van der Waals surface area (Å²) >= 11 is 0. The van der Waals surface area contributed by atoms with Crippen molar-refractivity contribution in [1.82, 2.24) is 29.9 Å². The average Bonchev–Trinajstić information content (AvgIpc) is 2.84. The quantitative estimate of drug-likeness (QED) is 0.337. The third-order valence-corrected chi connectivity index (χ3v) is 5.57. The maximum atomic E-state index is 13.0. The number of ether oxygens (including phenoxy) is 1. The van der Waals surface area contributed by atoms with Crippen LogP contribution in [0.5, 0.6) is 5.75 Å². The number of halogens is 1. The van der Waals surface area contributed by atoms with Gasteiger partial charge in [0.25, 0.3) is 0 Å². The van der Waals surface area contributed by atoms with Crippen molar-refractivity contribution in [2.24, 2.45) is 11.7 Å². The van der Waals surface area contributed by atoms with E-state index < -0.39 is 0 Å². The van der Waals surface area contributed by atoms with E-state index in [1.807, 2.05) is 39.0 Å². The van der Waals surface area contributed by atoms with Gasteiger partial charge < -0.3 is 10.5 Å². The van der Waals surface area contributed by atoms with E-state index in [-0.39, 0.29) is 11.4 Å². The fourth-order valence-electron chi connectivity index (χ4n) is 3.96. The highest BCUT2D eigenvalue weighted by Crippen LogP contribution is 2.23. The molecule has 0 radical (unpaired) electrons. The first kappa shape index (κ1) is 28.7. The molecule has 2 N–H and O–H groups in total. The van der Waals surface area contributed by atoms with Crippen LogP contribution in [0.3, 0.4) is 0 Å². The molecule has 200 valence electrons. The summed E-state index contributed by atoms with van der Waals surface area (Å²) in [6, 6.07) is 10.5. The third kappa shape index (κ3) is 8.34. The standard InChI is InChI=1S/C18H26N4O.C11H10FN3/c1-12(2)10-18(5,19)11-23-17-7-6-15(21-13(17)3)16-8-9-20-14(4)22-16;1-7-9(12)3-4-10(14-7)11-5-6-13-8(2)15-11/h6-9,12H,10-11,19H2,1-5H3;3-6H,1-2H3/t18-;/m1./s1. The number of aryl methyl sites for hydroxylation is 4. The lowest BCUT2D eigenvalue weighted by molar-refractivity contribution is 0.205. The first-order valence-corrected chi connectivity index (χ1v) is 12.6. The molecule has 0 amide bonds. The highest BCUT2D eigenvalue weighted by molar-refractivity contribution is 5.55. The Bertz CT molecular complexity index is 1370. The number of pyridine rings is 2. The first-order valence-electron chi connectivity index (χ1n) is 12.6. The summed E-state index contributed by atoms with van der Waals surface area (Å²) < 4.78 is 18.9. The van der Waals surface area contributed by atoms with Crippen LogP contribution in [-0.4, -0.2) is 42.0 Å². The molecule has 9 heteroatoms. The van der Waals surface area contributed by atoms with E-state index in [0.717, 1.165) is 35.1 Å². The molecule has 0 aromatic carbocycles. The summed E-state index contributed by atoms with van der Waals surface area (Å²) in [4.78, 5) is 25.4. The fraction of sp³-hybridized carbons (Fsp3) is 0.379. The SMILES string of the molecule is Cc1nccc(-c2ccc(F)c(C)n2)n1.Cc1nccc(-c2ccc(OC[C@](C)(N)CC(C)C)c(C)n2)n1. The minimum atomic E-state index is -0.344. The molecule has 4 heterocycles. The molecule has 8 nitrogen and oxygen atoms in total. The molecule has 0 saturated heterocycles. The topological polar surface area (TPSA) is 113 Å². The highest BCUT2D eigenvalue weighted by atomic mass is 19.1. The normalized spacial score (nSPS) is 12.5. The van der Waals surface area contributed by atoms with E-state index in [2.05, 4.69) is 43.8 Å². The number of nitrogens with zero attached hydrogens (tertiary/aromatic N) is 6. The molecule has 0 aliphatic heterocycles. The summed E-state index contributed by atoms with van der Waals surface area (Å²) in [5.74, 6) is 2.41. The number of hydrogen-bond donors (Lipinski definition) is 1. The van der Waals surface area contributed by atoms with Crippen LogP contribution in [0.1, 0.15) is 50.2 Å². The monoisotopic (exact) mass is 517 g/mol. The Morgan fingerprint density at radius 1 is 0.763 bits per heavy atom. The van der Waals surface area contributed by atoms with Gasteiger partial charge in [-0.1, -0.05) is 13.8 Å². The fourth-order valence-corrected chi connectivity index (χ4v) is 3.96. The lowest BCUT2D eigenvalue weighted by Gasteiger charge is -2.26. The van der Waals surface area contributed by atoms with Crippen LogP contribution in [0.2, 0.25) is 0 Å². The molecule has 38 heavy (non-hydrogen) atoms. The molecule has 0 spiro atoms. The zero-order valence-corrected chi connectivity index (χ0v) is 23.2. The van der Waals surface area contributed by atoms with Crippen molar-refractivity contribution in [1.29, 1.82) is 0 Å². The second kappa shape index (κ2) is 12.6. The molecule has 0 saturated carbocycles. The van der Waals surface area contributed by atoms with Crippen molar-refractivity contribution in [2.45, 2.75) is 60.4 Å². The predicted octanol–water partition coefficient (Wildman–Crippen LogP) is 5.59. The van der Waals surface area contributed by atoms with Gasteiger partial charge in [0.15, 0.2) is 0 Å². The Labute approximate surface area is 224 Å². The first-order chi connectivity index (χ1) is 17.9. The van der Waals surface area contributed by atoms with Gasteiger partial charge in [-0.15, -0.1) is 0 Å². The maximum absolute atomic E-state index is 13.0. The largest absolute Gasteiger partial charge is 0.490 e. The Morgan fingerprint density at radius 3 is 1.74 bits per heavy atom. The van der Waals surface area contributed by atoms with Crippen molar-refractivity contribution >= 4 is 0 Å². The van der Waals surface area contributed by atoms with Gasteiger partial charge in [0.1, 0.15) is 29.8 Å². The zero-order valence-electron chi connectivity index (χ0n) is 23.2. The average molecular weight is 518 g/mol. The van der Waals surface area contributed by atoms with Gasteiger partial charge in [0.2, 0.25) is 0 Å². The molecular weight excluding hydrogens is 481 g/mol. The molecule has 4 rings (SSSR count). The molecule has 1 atom stereocenters. The molecule has 0 aliphatic rings. The Balaban J connectivity index is 0.000000230. The van der Waals surface area contributed by atoms with E-state index in [9.17, 15) is 4.39 Å². The van der Waals surface area contributed by atoms with Crippen LogP contribution in [0.15, 0.2) is 48.8 Å². The van der Waals surface area contributed by atoms with Gasteiger partial charge in [0.05, 0.1) is 34.2 Å². The number of hydrogen-bond acceptors (Lipinski definition) is 8. The summed E-state index contributed by atoms with van der Waals surface area (Å²) in [6.45, 7) is 14.1. The second-order valence-electron chi connectivity index (χ2n) is 10.1. The van der Waals surface area contributed by atoms with Crippen molar-refractivity contribution < 1.29 is 9.13 Å². The number of rotatable bonds is 7. The van der Waals surface area contributed by atoms with Crippen LogP contribution >= 0.6 is 0 Å². The van der Waals surface area contributed by atoms with Crippen molar-refractivity contribution in [3.8, 4) is 28.5 Å². The number of nitrogens with two attached hydrogens (primary N) is 1. The lowest BCUT2D eigenvalue weighted by Crippen LogP contribution is -2.43. The van der Waals surface area contributed by atoms with Gasteiger partial charge >= 0.3 is 0 Å². The Kier molecular flexibility index (Phi) is 9.52. The summed E-state index contributed by atoms with van der Waals surface area (Å²) in [7, 11) is 0. The predicted molar refractivity (Wildman–Crippen MR) is 147 cm³/mol. The van der Waals surface area contributed by atoms with Gasteiger partial charge in [-0.25, -0.2) is 34.3 Å². The second-order valence-corrected chi connectivity index (χ2v) is 10.1. The number of aromatic nitrogens is 6. The summed E-state index contributed by atoms with van der Waals surface area (Å²) in [5, 5.41) is 0. The molecular formula is C29H36FN7O. The van der Waals surface area contributed by atoms with Crippen LogP contribution in [0, 0.1) is 39.4 Å². The minimum absolute atomic E-state index is 0.301.